The topological polar surface area (TPSA) is 25.2 Å². The van der Waals surface area contributed by atoms with E-state index in [0.717, 1.165) is 23.3 Å². The summed E-state index contributed by atoms with van der Waals surface area (Å²) in [5, 5.41) is 4.24. The van der Waals surface area contributed by atoms with E-state index in [4.69, 9.17) is 4.42 Å². The Labute approximate surface area is 89.4 Å². The minimum Gasteiger partial charge on any atom is -0.468 e. The third kappa shape index (κ3) is 3.07. The van der Waals surface area contributed by atoms with Crippen LogP contribution in [0, 0.1) is 0 Å². The Morgan fingerprint density at radius 2 is 2.50 bits per heavy atom. The Hall–Kier alpha value is -0.410. The van der Waals surface area contributed by atoms with Crippen LogP contribution in [0.5, 0.6) is 0 Å². The maximum Gasteiger partial charge on any atom is 0.113 e. The number of hydrogen-bond donors (Lipinski definition) is 1. The molecule has 0 aliphatic carbocycles. The first-order valence-electron chi connectivity index (χ1n) is 5.30. The highest BCUT2D eigenvalue weighted by atomic mass is 32.2. The van der Waals surface area contributed by atoms with Crippen molar-refractivity contribution >= 4 is 11.8 Å². The van der Waals surface area contributed by atoms with Gasteiger partial charge in [0.05, 0.1) is 12.0 Å². The molecule has 0 aromatic carbocycles. The van der Waals surface area contributed by atoms with Gasteiger partial charge < -0.3 is 9.73 Å². The van der Waals surface area contributed by atoms with E-state index in [2.05, 4.69) is 11.4 Å². The van der Waals surface area contributed by atoms with Crippen LogP contribution < -0.4 is 5.32 Å². The fraction of sp³-hybridized carbons (Fsp3) is 0.636. The van der Waals surface area contributed by atoms with Gasteiger partial charge in [0, 0.05) is 11.8 Å². The molecule has 0 amide bonds. The van der Waals surface area contributed by atoms with Crippen molar-refractivity contribution in [1.82, 2.24) is 5.32 Å². The maximum atomic E-state index is 5.31. The summed E-state index contributed by atoms with van der Waals surface area (Å²) in [6.07, 6.45) is 5.79. The zero-order chi connectivity index (χ0) is 9.64. The molecule has 1 N–H and O–H groups in total. The number of rotatable bonds is 3. The lowest BCUT2D eigenvalue weighted by molar-refractivity contribution is 0.530. The molecule has 2 heterocycles. The fourth-order valence-electron chi connectivity index (χ4n) is 1.72. The van der Waals surface area contributed by atoms with Crippen molar-refractivity contribution in [2.45, 2.75) is 30.3 Å². The van der Waals surface area contributed by atoms with Crippen molar-refractivity contribution in [2.24, 2.45) is 0 Å². The first-order chi connectivity index (χ1) is 6.95. The zero-order valence-corrected chi connectivity index (χ0v) is 9.19. The quantitative estimate of drug-likeness (QED) is 0.832. The van der Waals surface area contributed by atoms with Crippen molar-refractivity contribution in [2.75, 3.05) is 13.1 Å². The van der Waals surface area contributed by atoms with Crippen molar-refractivity contribution < 1.29 is 4.42 Å². The molecule has 1 aliphatic heterocycles. The van der Waals surface area contributed by atoms with Crippen molar-refractivity contribution in [1.29, 1.82) is 0 Å². The highest BCUT2D eigenvalue weighted by Crippen LogP contribution is 2.23. The summed E-state index contributed by atoms with van der Waals surface area (Å²) in [5.41, 5.74) is 0. The molecule has 0 spiro atoms. The average molecular weight is 211 g/mol. The third-order valence-electron chi connectivity index (χ3n) is 2.54. The van der Waals surface area contributed by atoms with Gasteiger partial charge in [0.2, 0.25) is 0 Å². The van der Waals surface area contributed by atoms with Crippen LogP contribution in [-0.2, 0) is 5.75 Å². The van der Waals surface area contributed by atoms with E-state index in [9.17, 15) is 0 Å². The van der Waals surface area contributed by atoms with Crippen LogP contribution in [0.2, 0.25) is 0 Å². The van der Waals surface area contributed by atoms with E-state index in [0.29, 0.717) is 0 Å². The third-order valence-corrected chi connectivity index (χ3v) is 3.87. The lowest BCUT2D eigenvalue weighted by Crippen LogP contribution is -2.22. The number of furan rings is 1. The zero-order valence-electron chi connectivity index (χ0n) is 8.37. The van der Waals surface area contributed by atoms with Crippen molar-refractivity contribution in [3.05, 3.63) is 24.2 Å². The van der Waals surface area contributed by atoms with Gasteiger partial charge >= 0.3 is 0 Å². The van der Waals surface area contributed by atoms with Gasteiger partial charge in [-0.05, 0) is 31.5 Å². The molecular formula is C11H17NOS. The predicted molar refractivity (Wildman–Crippen MR) is 60.5 cm³/mol. The van der Waals surface area contributed by atoms with Gasteiger partial charge in [-0.2, -0.15) is 0 Å². The maximum absolute atomic E-state index is 5.31. The average Bonchev–Trinajstić information content (AvgIpc) is 2.58. The molecule has 1 fully saturated rings. The van der Waals surface area contributed by atoms with Gasteiger partial charge in [-0.3, -0.25) is 0 Å². The van der Waals surface area contributed by atoms with Gasteiger partial charge in [-0.15, -0.1) is 11.8 Å². The smallest absolute Gasteiger partial charge is 0.113 e. The van der Waals surface area contributed by atoms with E-state index < -0.39 is 0 Å². The molecule has 14 heavy (non-hydrogen) atoms. The van der Waals surface area contributed by atoms with E-state index >= 15 is 0 Å². The van der Waals surface area contributed by atoms with Gasteiger partial charge in [0.15, 0.2) is 0 Å². The van der Waals surface area contributed by atoms with Gasteiger partial charge in [0.1, 0.15) is 5.76 Å². The van der Waals surface area contributed by atoms with Crippen LogP contribution in [0.4, 0.5) is 0 Å². The summed E-state index contributed by atoms with van der Waals surface area (Å²) in [6, 6.07) is 4.01. The SMILES string of the molecule is c1coc(CSC2CCCCNC2)c1. The van der Waals surface area contributed by atoms with E-state index in [1.807, 2.05) is 17.8 Å². The Morgan fingerprint density at radius 3 is 3.36 bits per heavy atom. The van der Waals surface area contributed by atoms with Gasteiger partial charge in [-0.1, -0.05) is 6.42 Å². The minimum absolute atomic E-state index is 0.766. The largest absolute Gasteiger partial charge is 0.468 e. The van der Waals surface area contributed by atoms with Gasteiger partial charge in [-0.25, -0.2) is 0 Å². The molecule has 0 saturated carbocycles. The molecule has 3 heteroatoms. The van der Waals surface area contributed by atoms with Crippen LogP contribution >= 0.6 is 11.8 Å². The highest BCUT2D eigenvalue weighted by Gasteiger charge is 2.12. The van der Waals surface area contributed by atoms with Crippen LogP contribution in [0.1, 0.15) is 25.0 Å². The monoisotopic (exact) mass is 211 g/mol. The molecule has 1 aliphatic rings. The number of thioether (sulfide) groups is 1. The molecule has 2 nitrogen and oxygen atoms in total. The minimum atomic E-state index is 0.766. The Morgan fingerprint density at radius 1 is 1.50 bits per heavy atom. The summed E-state index contributed by atoms with van der Waals surface area (Å²) < 4.78 is 5.31. The molecule has 2 rings (SSSR count). The van der Waals surface area contributed by atoms with Crippen LogP contribution in [0.15, 0.2) is 22.8 Å². The fourth-order valence-corrected chi connectivity index (χ4v) is 2.86. The lowest BCUT2D eigenvalue weighted by Gasteiger charge is -2.12. The Kier molecular flexibility index (Phi) is 3.95. The van der Waals surface area contributed by atoms with Crippen LogP contribution in [0.25, 0.3) is 0 Å². The molecule has 1 atom stereocenters. The molecule has 1 unspecified atom stereocenters. The molecular weight excluding hydrogens is 194 g/mol. The first-order valence-corrected chi connectivity index (χ1v) is 6.35. The summed E-state index contributed by atoms with van der Waals surface area (Å²) in [5.74, 6) is 2.11. The van der Waals surface area contributed by atoms with E-state index in [-0.39, 0.29) is 0 Å². The second kappa shape index (κ2) is 5.47. The second-order valence-corrected chi connectivity index (χ2v) is 5.00. The summed E-state index contributed by atoms with van der Waals surface area (Å²) in [4.78, 5) is 0. The second-order valence-electron chi connectivity index (χ2n) is 3.71. The van der Waals surface area contributed by atoms with E-state index in [1.54, 1.807) is 6.26 Å². The molecule has 1 saturated heterocycles. The van der Waals surface area contributed by atoms with Crippen LogP contribution in [-0.4, -0.2) is 18.3 Å². The Bertz CT molecular complexity index is 240. The normalized spacial score (nSPS) is 23.3. The molecule has 1 aromatic rings. The summed E-state index contributed by atoms with van der Waals surface area (Å²) >= 11 is 2.01. The lowest BCUT2D eigenvalue weighted by atomic mass is 10.2. The molecule has 78 valence electrons. The van der Waals surface area contributed by atoms with Crippen molar-refractivity contribution in [3.8, 4) is 0 Å². The molecule has 1 aromatic heterocycles. The number of hydrogen-bond acceptors (Lipinski definition) is 3. The standard InChI is InChI=1S/C11H17NOS/c1-2-6-12-8-11(5-1)14-9-10-4-3-7-13-10/h3-4,7,11-12H,1-2,5-6,8-9H2. The first kappa shape index (κ1) is 10.1. The highest BCUT2D eigenvalue weighted by molar-refractivity contribution is 7.99. The van der Waals surface area contributed by atoms with Crippen molar-refractivity contribution in [3.63, 3.8) is 0 Å². The van der Waals surface area contributed by atoms with Crippen LogP contribution in [0.3, 0.4) is 0 Å². The predicted octanol–water partition coefficient (Wildman–Crippen LogP) is 2.65. The molecule has 0 bridgehead atoms. The summed E-state index contributed by atoms with van der Waals surface area (Å²) in [7, 11) is 0. The summed E-state index contributed by atoms with van der Waals surface area (Å²) in [6.45, 7) is 2.35. The Balaban J connectivity index is 1.73. The molecule has 0 radical (unpaired) electrons. The van der Waals surface area contributed by atoms with E-state index in [1.165, 1.54) is 25.8 Å². The number of nitrogens with one attached hydrogen (secondary N) is 1. The van der Waals surface area contributed by atoms with Gasteiger partial charge in [0.25, 0.3) is 0 Å².